The molecule has 0 rings (SSSR count). The van der Waals surface area contributed by atoms with Crippen molar-refractivity contribution in [2.45, 2.75) is 132 Å². The predicted octanol–water partition coefficient (Wildman–Crippen LogP) is 8.41. The molecule has 0 aromatic rings. The van der Waals surface area contributed by atoms with Crippen LogP contribution in [0.1, 0.15) is 58.3 Å². The van der Waals surface area contributed by atoms with Crippen molar-refractivity contribution in [1.29, 1.82) is 0 Å². The van der Waals surface area contributed by atoms with Crippen LogP contribution < -0.4 is 0 Å². The Morgan fingerprint density at radius 3 is 0.635 bits per heavy atom. The summed E-state index contributed by atoms with van der Waals surface area (Å²) in [4.78, 5) is 0. The summed E-state index contributed by atoms with van der Waals surface area (Å²) in [5.74, 6) is 0.702. The van der Waals surface area contributed by atoms with Gasteiger partial charge in [0.1, 0.15) is 0 Å². The number of rotatable bonds is 36. The van der Waals surface area contributed by atoms with Crippen molar-refractivity contribution in [1.82, 2.24) is 0 Å². The first-order valence-corrected chi connectivity index (χ1v) is 33.2. The molecule has 0 bridgehead atoms. The van der Waals surface area contributed by atoms with Crippen LogP contribution in [0.4, 0.5) is 0 Å². The van der Waals surface area contributed by atoms with E-state index in [1.807, 2.05) is 0 Å². The Labute approximate surface area is 326 Å². The molecule has 0 aromatic heterocycles. The zero-order valence-electron chi connectivity index (χ0n) is 36.2. The Bertz CT molecular complexity index is 727. The Hall–Kier alpha value is 0.821. The van der Waals surface area contributed by atoms with Crippen LogP contribution >= 0.6 is 0 Å². The monoisotopic (exact) mass is 850 g/mol. The van der Waals surface area contributed by atoms with Gasteiger partial charge in [-0.2, -0.15) is 0 Å². The van der Waals surface area contributed by atoms with Gasteiger partial charge in [-0.3, -0.25) is 0 Å². The molecular weight excluding hydrogens is 769 g/mol. The van der Waals surface area contributed by atoms with Crippen molar-refractivity contribution in [2.75, 3.05) is 85.3 Å². The average Bonchev–Trinajstić information content (AvgIpc) is 3.16. The summed E-state index contributed by atoms with van der Waals surface area (Å²) >= 11 is 0. The summed E-state index contributed by atoms with van der Waals surface area (Å²) in [5.41, 5.74) is 0. The van der Waals surface area contributed by atoms with Gasteiger partial charge in [0.25, 0.3) is 0 Å². The summed E-state index contributed by atoms with van der Waals surface area (Å²) in [7, 11) is 7.01. The molecule has 0 atom stereocenters. The van der Waals surface area contributed by atoms with Crippen molar-refractivity contribution in [2.24, 2.45) is 5.92 Å². The SMILES string of the molecule is CO[Si](CCC[Si](C)(CCCC(C)CCC[Si](C)(CCC[Si](OC)(OC)OC)CCC[Si](OC)(OC)OC)CCC[Si](OC)(OC)OC)(OC)OC. The van der Waals surface area contributed by atoms with E-state index in [9.17, 15) is 0 Å². The van der Waals surface area contributed by atoms with Gasteiger partial charge in [0.2, 0.25) is 0 Å². The first-order chi connectivity index (χ1) is 24.7. The van der Waals surface area contributed by atoms with Crippen LogP contribution in [-0.2, 0) is 53.1 Å². The van der Waals surface area contributed by atoms with Crippen LogP contribution in [0, 0.1) is 5.92 Å². The van der Waals surface area contributed by atoms with Gasteiger partial charge in [0.05, 0.1) is 16.1 Å². The predicted molar refractivity (Wildman–Crippen MR) is 225 cm³/mol. The highest BCUT2D eigenvalue weighted by atomic mass is 28.4. The van der Waals surface area contributed by atoms with E-state index in [1.165, 1.54) is 61.9 Å². The van der Waals surface area contributed by atoms with E-state index >= 15 is 0 Å². The van der Waals surface area contributed by atoms with Crippen LogP contribution in [-0.4, -0.2) is 137 Å². The molecule has 12 nitrogen and oxygen atoms in total. The Kier molecular flexibility index (Phi) is 27.9. The standard InChI is InChI=1S/C34H82O12Si6/c1-34(22-16-24-47(14,26-18-30-49(35-2,36-3)37-4)27-19-31-50(38-5,39-6)40-7)23-17-25-48(15,28-20-32-51(41-8,42-9)43-10)29-21-33-52(44-11,45-12)46-13/h34H,16-33H2,1-15H3. The molecule has 0 saturated heterocycles. The molecule has 0 aliphatic heterocycles. The zero-order chi connectivity index (χ0) is 39.8. The van der Waals surface area contributed by atoms with E-state index in [-0.39, 0.29) is 0 Å². The van der Waals surface area contributed by atoms with Crippen LogP contribution in [0.5, 0.6) is 0 Å². The molecule has 314 valence electrons. The molecule has 0 heterocycles. The molecule has 0 fully saturated rings. The van der Waals surface area contributed by atoms with E-state index in [4.69, 9.17) is 53.1 Å². The highest BCUT2D eigenvalue weighted by molar-refractivity contribution is 6.79. The van der Waals surface area contributed by atoms with Crippen LogP contribution in [0.15, 0.2) is 0 Å². The van der Waals surface area contributed by atoms with Crippen molar-refractivity contribution in [3.05, 3.63) is 0 Å². The average molecular weight is 852 g/mol. The lowest BCUT2D eigenvalue weighted by atomic mass is 10.0. The van der Waals surface area contributed by atoms with Gasteiger partial charge in [-0.05, 0) is 5.92 Å². The van der Waals surface area contributed by atoms with Gasteiger partial charge in [-0.25, -0.2) is 0 Å². The fourth-order valence-electron chi connectivity index (χ4n) is 7.80. The summed E-state index contributed by atoms with van der Waals surface area (Å²) in [6.45, 7) is 7.62. The Balaban J connectivity index is 5.46. The highest BCUT2D eigenvalue weighted by Gasteiger charge is 2.42. The lowest BCUT2D eigenvalue weighted by Gasteiger charge is -2.32. The van der Waals surface area contributed by atoms with Gasteiger partial charge in [0.15, 0.2) is 0 Å². The molecule has 0 spiro atoms. The second-order valence-electron chi connectivity index (χ2n) is 15.1. The Morgan fingerprint density at radius 2 is 0.462 bits per heavy atom. The minimum atomic E-state index is -2.58. The lowest BCUT2D eigenvalue weighted by molar-refractivity contribution is 0.122. The molecule has 0 aliphatic carbocycles. The molecule has 0 saturated carbocycles. The molecule has 0 unspecified atom stereocenters. The van der Waals surface area contributed by atoms with Crippen LogP contribution in [0.2, 0.25) is 73.5 Å². The van der Waals surface area contributed by atoms with E-state index in [0.717, 1.165) is 49.9 Å². The third kappa shape index (κ3) is 18.4. The first kappa shape index (κ1) is 52.8. The highest BCUT2D eigenvalue weighted by Crippen LogP contribution is 2.35. The van der Waals surface area contributed by atoms with Crippen molar-refractivity contribution in [3.8, 4) is 0 Å². The molecule has 0 amide bonds. The fourth-order valence-corrected chi connectivity index (χ4v) is 23.8. The largest absolute Gasteiger partial charge is 0.500 e. The normalized spacial score (nSPS) is 13.8. The van der Waals surface area contributed by atoms with E-state index in [2.05, 4.69) is 20.0 Å². The number of hydrogen-bond acceptors (Lipinski definition) is 12. The smallest absolute Gasteiger partial charge is 0.377 e. The fraction of sp³-hybridized carbons (Fsp3) is 1.00. The maximum atomic E-state index is 5.74. The number of hydrogen-bond donors (Lipinski definition) is 0. The summed E-state index contributed by atoms with van der Waals surface area (Å²) in [5, 5.41) is 0. The van der Waals surface area contributed by atoms with Crippen molar-refractivity contribution < 1.29 is 53.1 Å². The van der Waals surface area contributed by atoms with E-state index < -0.39 is 51.4 Å². The second-order valence-corrected chi connectivity index (χ2v) is 37.7. The molecular formula is C34H82O12Si6. The maximum absolute atomic E-state index is 5.74. The minimum absolute atomic E-state index is 0.702. The molecule has 18 heteroatoms. The van der Waals surface area contributed by atoms with Crippen molar-refractivity contribution >= 4 is 51.4 Å². The van der Waals surface area contributed by atoms with Crippen LogP contribution in [0.3, 0.4) is 0 Å². The quantitative estimate of drug-likeness (QED) is 0.0565. The zero-order valence-corrected chi connectivity index (χ0v) is 42.2. The third-order valence-electron chi connectivity index (χ3n) is 11.7. The van der Waals surface area contributed by atoms with Gasteiger partial charge < -0.3 is 53.1 Å². The minimum Gasteiger partial charge on any atom is -0.377 e. The summed E-state index contributed by atoms with van der Waals surface area (Å²) in [6.07, 6.45) is 9.36. The molecule has 0 aliphatic rings. The molecule has 0 aromatic carbocycles. The van der Waals surface area contributed by atoms with Crippen LogP contribution in [0.25, 0.3) is 0 Å². The van der Waals surface area contributed by atoms with E-state index in [0.29, 0.717) is 5.92 Å². The second kappa shape index (κ2) is 27.5. The van der Waals surface area contributed by atoms with Gasteiger partial charge in [0, 0.05) is 109 Å². The van der Waals surface area contributed by atoms with Gasteiger partial charge in [-0.1, -0.05) is 108 Å². The molecule has 0 N–H and O–H groups in total. The van der Waals surface area contributed by atoms with Gasteiger partial charge in [-0.15, -0.1) is 0 Å². The van der Waals surface area contributed by atoms with Crippen molar-refractivity contribution in [3.63, 3.8) is 0 Å². The first-order valence-electron chi connectivity index (χ1n) is 19.3. The Morgan fingerprint density at radius 1 is 0.288 bits per heavy atom. The topological polar surface area (TPSA) is 111 Å². The molecule has 52 heavy (non-hydrogen) atoms. The third-order valence-corrected chi connectivity index (χ3v) is 32.4. The van der Waals surface area contributed by atoms with E-state index in [1.54, 1.807) is 85.3 Å². The maximum Gasteiger partial charge on any atom is 0.500 e. The summed E-state index contributed by atoms with van der Waals surface area (Å²) < 4.78 is 68.8. The lowest BCUT2D eigenvalue weighted by Crippen LogP contribution is -2.44. The summed E-state index contributed by atoms with van der Waals surface area (Å²) in [6, 6.07) is 11.0. The van der Waals surface area contributed by atoms with Gasteiger partial charge >= 0.3 is 35.2 Å². The molecule has 0 radical (unpaired) electrons.